The highest BCUT2D eigenvalue weighted by molar-refractivity contribution is 5.76. The first-order valence-electron chi connectivity index (χ1n) is 6.16. The highest BCUT2D eigenvalue weighted by Gasteiger charge is 2.32. The van der Waals surface area contributed by atoms with E-state index >= 15 is 0 Å². The lowest BCUT2D eigenvalue weighted by Gasteiger charge is -2.23. The number of hydrogen-bond acceptors (Lipinski definition) is 3. The zero-order valence-corrected chi connectivity index (χ0v) is 11.1. The summed E-state index contributed by atoms with van der Waals surface area (Å²) < 4.78 is 55.0. The molecule has 118 valence electrons. The second kappa shape index (κ2) is 7.82. The van der Waals surface area contributed by atoms with Crippen LogP contribution >= 0.6 is 0 Å². The number of carbonyl (C=O) groups excluding carboxylic acids is 1. The summed E-state index contributed by atoms with van der Waals surface area (Å²) in [5.41, 5.74) is 0. The van der Waals surface area contributed by atoms with Crippen LogP contribution in [-0.4, -0.2) is 48.4 Å². The molecule has 1 N–H and O–H groups in total. The molecular formula is C13H15F4NO3. The zero-order chi connectivity index (χ0) is 15.9. The van der Waals surface area contributed by atoms with Crippen LogP contribution in [0.15, 0.2) is 24.3 Å². The van der Waals surface area contributed by atoms with Crippen LogP contribution in [0.25, 0.3) is 0 Å². The number of alkyl halides is 3. The van der Waals surface area contributed by atoms with Crippen molar-refractivity contribution in [1.29, 1.82) is 0 Å². The van der Waals surface area contributed by atoms with Gasteiger partial charge in [-0.15, -0.1) is 0 Å². The molecule has 21 heavy (non-hydrogen) atoms. The van der Waals surface area contributed by atoms with Crippen molar-refractivity contribution >= 4 is 5.91 Å². The molecule has 1 amide bonds. The third-order valence-electron chi connectivity index (χ3n) is 2.50. The maximum atomic E-state index is 13.2. The molecule has 1 aromatic rings. The monoisotopic (exact) mass is 309 g/mol. The average molecular weight is 309 g/mol. The molecule has 0 bridgehead atoms. The van der Waals surface area contributed by atoms with E-state index in [-0.39, 0.29) is 18.8 Å². The van der Waals surface area contributed by atoms with Gasteiger partial charge in [-0.05, 0) is 12.1 Å². The predicted molar refractivity (Wildman–Crippen MR) is 66.2 cm³/mol. The maximum Gasteiger partial charge on any atom is 0.406 e. The van der Waals surface area contributed by atoms with E-state index in [0.717, 1.165) is 0 Å². The number of halogens is 4. The molecule has 0 fully saturated rings. The quantitative estimate of drug-likeness (QED) is 0.784. The molecular weight excluding hydrogens is 294 g/mol. The Kier molecular flexibility index (Phi) is 6.41. The highest BCUT2D eigenvalue weighted by atomic mass is 19.4. The second-order valence-electron chi connectivity index (χ2n) is 4.18. The summed E-state index contributed by atoms with van der Waals surface area (Å²) in [7, 11) is 0. The van der Waals surface area contributed by atoms with Gasteiger partial charge in [-0.1, -0.05) is 12.1 Å². The largest absolute Gasteiger partial charge is 0.490 e. The van der Waals surface area contributed by atoms with E-state index in [4.69, 9.17) is 9.84 Å². The minimum Gasteiger partial charge on any atom is -0.490 e. The fraction of sp³-hybridized carbons (Fsp3) is 0.462. The fourth-order valence-electron chi connectivity index (χ4n) is 1.60. The van der Waals surface area contributed by atoms with Crippen LogP contribution in [0.3, 0.4) is 0 Å². The van der Waals surface area contributed by atoms with Crippen molar-refractivity contribution in [3.05, 3.63) is 30.1 Å². The second-order valence-corrected chi connectivity index (χ2v) is 4.18. The summed E-state index contributed by atoms with van der Waals surface area (Å²) in [6, 6.07) is 5.50. The lowest BCUT2D eigenvalue weighted by atomic mass is 10.3. The number of para-hydroxylation sites is 1. The molecule has 1 rings (SSSR count). The number of rotatable bonds is 7. The van der Waals surface area contributed by atoms with E-state index in [0.29, 0.717) is 4.90 Å². The molecule has 0 aliphatic rings. The average Bonchev–Trinajstić information content (AvgIpc) is 2.39. The standard InChI is InChI=1S/C13H15F4NO3/c14-10-3-1-2-4-11(10)21-8-5-12(20)18(6-7-19)9-13(15,16)17/h1-4,19H,5-9H2. The molecule has 8 heteroatoms. The van der Waals surface area contributed by atoms with Crippen molar-refractivity contribution in [2.24, 2.45) is 0 Å². The highest BCUT2D eigenvalue weighted by Crippen LogP contribution is 2.18. The molecule has 0 radical (unpaired) electrons. The molecule has 1 aromatic carbocycles. The van der Waals surface area contributed by atoms with Gasteiger partial charge < -0.3 is 14.7 Å². The molecule has 0 spiro atoms. The minimum absolute atomic E-state index is 0.0742. The summed E-state index contributed by atoms with van der Waals surface area (Å²) in [5, 5.41) is 8.68. The summed E-state index contributed by atoms with van der Waals surface area (Å²) in [6.07, 6.45) is -4.89. The van der Waals surface area contributed by atoms with Crippen LogP contribution in [-0.2, 0) is 4.79 Å². The van der Waals surface area contributed by atoms with E-state index in [2.05, 4.69) is 0 Å². The normalized spacial score (nSPS) is 11.3. The Morgan fingerprint density at radius 1 is 1.29 bits per heavy atom. The topological polar surface area (TPSA) is 49.8 Å². The SMILES string of the molecule is O=C(CCOc1ccccc1F)N(CCO)CC(F)(F)F. The number of aliphatic hydroxyl groups is 1. The molecule has 0 aromatic heterocycles. The van der Waals surface area contributed by atoms with E-state index in [1.165, 1.54) is 24.3 Å². The van der Waals surface area contributed by atoms with Crippen molar-refractivity contribution in [3.8, 4) is 5.75 Å². The van der Waals surface area contributed by atoms with Crippen LogP contribution < -0.4 is 4.74 Å². The lowest BCUT2D eigenvalue weighted by Crippen LogP contribution is -2.41. The van der Waals surface area contributed by atoms with Gasteiger partial charge in [-0.2, -0.15) is 13.2 Å². The van der Waals surface area contributed by atoms with Crippen molar-refractivity contribution in [2.75, 3.05) is 26.3 Å². The Morgan fingerprint density at radius 2 is 1.95 bits per heavy atom. The van der Waals surface area contributed by atoms with Crippen LogP contribution in [0.4, 0.5) is 17.6 Å². The van der Waals surface area contributed by atoms with Gasteiger partial charge in [0.25, 0.3) is 0 Å². The summed E-state index contributed by atoms with van der Waals surface area (Å²) >= 11 is 0. The number of amides is 1. The van der Waals surface area contributed by atoms with Crippen LogP contribution in [0.5, 0.6) is 5.75 Å². The molecule has 4 nitrogen and oxygen atoms in total. The number of benzene rings is 1. The Bertz CT molecular complexity index is 465. The van der Waals surface area contributed by atoms with Crippen molar-refractivity contribution in [1.82, 2.24) is 4.90 Å². The minimum atomic E-state index is -4.54. The van der Waals surface area contributed by atoms with E-state index < -0.39 is 37.6 Å². The van der Waals surface area contributed by atoms with Crippen LogP contribution in [0.1, 0.15) is 6.42 Å². The maximum absolute atomic E-state index is 13.2. The van der Waals surface area contributed by atoms with Gasteiger partial charge >= 0.3 is 6.18 Å². The van der Waals surface area contributed by atoms with Gasteiger partial charge in [0.15, 0.2) is 11.6 Å². The Labute approximate surface area is 118 Å². The third kappa shape index (κ3) is 6.44. The first-order valence-corrected chi connectivity index (χ1v) is 6.16. The van der Waals surface area contributed by atoms with Crippen molar-refractivity contribution in [3.63, 3.8) is 0 Å². The first-order chi connectivity index (χ1) is 9.83. The molecule has 0 aliphatic carbocycles. The number of aliphatic hydroxyl groups excluding tert-OH is 1. The fourth-order valence-corrected chi connectivity index (χ4v) is 1.60. The summed E-state index contributed by atoms with van der Waals surface area (Å²) in [4.78, 5) is 12.1. The van der Waals surface area contributed by atoms with Gasteiger partial charge in [0.2, 0.25) is 5.91 Å². The predicted octanol–water partition coefficient (Wildman–Crippen LogP) is 1.98. The van der Waals surface area contributed by atoms with E-state index in [9.17, 15) is 22.4 Å². The lowest BCUT2D eigenvalue weighted by molar-refractivity contribution is -0.162. The van der Waals surface area contributed by atoms with Crippen LogP contribution in [0.2, 0.25) is 0 Å². The Balaban J connectivity index is 2.48. The van der Waals surface area contributed by atoms with E-state index in [1.807, 2.05) is 0 Å². The molecule has 0 heterocycles. The molecule has 0 saturated heterocycles. The van der Waals surface area contributed by atoms with Crippen molar-refractivity contribution in [2.45, 2.75) is 12.6 Å². The summed E-state index contributed by atoms with van der Waals surface area (Å²) in [6.45, 7) is -2.68. The number of hydrogen-bond donors (Lipinski definition) is 1. The molecule has 0 unspecified atom stereocenters. The van der Waals surface area contributed by atoms with E-state index in [1.54, 1.807) is 0 Å². The van der Waals surface area contributed by atoms with Gasteiger partial charge in [0.1, 0.15) is 6.54 Å². The molecule has 0 saturated carbocycles. The molecule has 0 atom stereocenters. The van der Waals surface area contributed by atoms with Gasteiger partial charge in [-0.25, -0.2) is 4.39 Å². The number of carbonyl (C=O) groups is 1. The van der Waals surface area contributed by atoms with Crippen LogP contribution in [0, 0.1) is 5.82 Å². The van der Waals surface area contributed by atoms with Crippen molar-refractivity contribution < 1.29 is 32.2 Å². The number of ether oxygens (including phenoxy) is 1. The smallest absolute Gasteiger partial charge is 0.406 e. The molecule has 0 aliphatic heterocycles. The van der Waals surface area contributed by atoms with Gasteiger partial charge in [-0.3, -0.25) is 4.79 Å². The first kappa shape index (κ1) is 17.2. The third-order valence-corrected chi connectivity index (χ3v) is 2.50. The Morgan fingerprint density at radius 3 is 2.52 bits per heavy atom. The van der Waals surface area contributed by atoms with Gasteiger partial charge in [0.05, 0.1) is 19.6 Å². The zero-order valence-electron chi connectivity index (χ0n) is 11.1. The van der Waals surface area contributed by atoms with Gasteiger partial charge in [0, 0.05) is 6.54 Å². The number of nitrogens with zero attached hydrogens (tertiary/aromatic N) is 1. The summed E-state index contributed by atoms with van der Waals surface area (Å²) in [5.74, 6) is -1.51. The Hall–Kier alpha value is -1.83.